The number of hydrogen-bond donors (Lipinski definition) is 3. The van der Waals surface area contributed by atoms with Gasteiger partial charge in [0.2, 0.25) is 5.91 Å². The number of aliphatic hydroxyl groups excluding tert-OH is 1. The van der Waals surface area contributed by atoms with Gasteiger partial charge in [0, 0.05) is 13.6 Å². The van der Waals surface area contributed by atoms with Crippen molar-refractivity contribution >= 4 is 5.91 Å². The summed E-state index contributed by atoms with van der Waals surface area (Å²) in [7, 11) is 1.56. The van der Waals surface area contributed by atoms with Crippen LogP contribution in [0.15, 0.2) is 54.6 Å². The zero-order valence-electron chi connectivity index (χ0n) is 13.5. The summed E-state index contributed by atoms with van der Waals surface area (Å²) in [5.41, 5.74) is 3.73. The number of hydrogen-bond acceptors (Lipinski definition) is 3. The Kier molecular flexibility index (Phi) is 6.78. The van der Waals surface area contributed by atoms with E-state index in [9.17, 15) is 9.90 Å². The van der Waals surface area contributed by atoms with Crippen molar-refractivity contribution in [2.24, 2.45) is 0 Å². The number of amides is 1. The first-order valence-electron chi connectivity index (χ1n) is 7.90. The Morgan fingerprint density at radius 1 is 0.957 bits per heavy atom. The third-order valence-corrected chi connectivity index (χ3v) is 3.87. The zero-order chi connectivity index (χ0) is 16.5. The van der Waals surface area contributed by atoms with Crippen molar-refractivity contribution < 1.29 is 9.90 Å². The van der Waals surface area contributed by atoms with Gasteiger partial charge in [-0.05, 0) is 29.5 Å². The summed E-state index contributed by atoms with van der Waals surface area (Å²) in [6.07, 6.45) is 2.04. The monoisotopic (exact) mass is 312 g/mol. The van der Waals surface area contributed by atoms with Gasteiger partial charge >= 0.3 is 0 Å². The van der Waals surface area contributed by atoms with Crippen LogP contribution in [0, 0.1) is 0 Å². The first-order valence-corrected chi connectivity index (χ1v) is 7.90. The van der Waals surface area contributed by atoms with E-state index in [1.54, 1.807) is 7.05 Å². The minimum absolute atomic E-state index is 0.202. The largest absolute Gasteiger partial charge is 0.394 e. The smallest absolute Gasteiger partial charge is 0.239 e. The number of aliphatic hydroxyl groups is 1. The maximum Gasteiger partial charge on any atom is 0.239 e. The fourth-order valence-electron chi connectivity index (χ4n) is 2.41. The molecule has 0 unspecified atom stereocenters. The normalized spacial score (nSPS) is 11.9. The minimum Gasteiger partial charge on any atom is -0.394 e. The highest BCUT2D eigenvalue weighted by atomic mass is 16.3. The first-order chi connectivity index (χ1) is 11.2. The lowest BCUT2D eigenvalue weighted by molar-refractivity contribution is -0.123. The lowest BCUT2D eigenvalue weighted by Gasteiger charge is -2.14. The average Bonchev–Trinajstić information content (AvgIpc) is 2.62. The molecule has 0 spiro atoms. The van der Waals surface area contributed by atoms with Crippen LogP contribution in [0.2, 0.25) is 0 Å². The fourth-order valence-corrected chi connectivity index (χ4v) is 2.41. The van der Waals surface area contributed by atoms with E-state index in [-0.39, 0.29) is 12.5 Å². The van der Waals surface area contributed by atoms with Gasteiger partial charge in [-0.15, -0.1) is 0 Å². The van der Waals surface area contributed by atoms with Crippen LogP contribution >= 0.6 is 0 Å². The highest BCUT2D eigenvalue weighted by Gasteiger charge is 2.14. The Morgan fingerprint density at radius 3 is 2.09 bits per heavy atom. The number of nitrogens with one attached hydrogen (secondary N) is 2. The van der Waals surface area contributed by atoms with E-state index in [0.29, 0.717) is 6.54 Å². The summed E-state index contributed by atoms with van der Waals surface area (Å²) < 4.78 is 0. The van der Waals surface area contributed by atoms with Crippen LogP contribution < -0.4 is 10.6 Å². The van der Waals surface area contributed by atoms with E-state index in [1.165, 1.54) is 11.1 Å². The van der Waals surface area contributed by atoms with Crippen molar-refractivity contribution in [3.63, 3.8) is 0 Å². The second kappa shape index (κ2) is 9.08. The number of aryl methyl sites for hydroxylation is 2. The summed E-state index contributed by atoms with van der Waals surface area (Å²) in [6, 6.07) is 18.2. The van der Waals surface area contributed by atoms with Crippen LogP contribution in [-0.4, -0.2) is 30.7 Å². The summed E-state index contributed by atoms with van der Waals surface area (Å²) in [6.45, 7) is 0.340. The molecule has 0 aliphatic rings. The molecule has 0 aromatic heterocycles. The van der Waals surface area contributed by atoms with Gasteiger partial charge in [-0.3, -0.25) is 10.1 Å². The van der Waals surface area contributed by atoms with Crippen molar-refractivity contribution in [2.75, 3.05) is 13.7 Å². The topological polar surface area (TPSA) is 61.4 Å². The SMILES string of the molecule is CNC(=O)[C@H](CO)NCc1ccc(CCc2ccccc2)cc1. The molecular weight excluding hydrogens is 288 g/mol. The van der Waals surface area contributed by atoms with Crippen molar-refractivity contribution in [1.82, 2.24) is 10.6 Å². The Bertz CT molecular complexity index is 597. The van der Waals surface area contributed by atoms with Gasteiger partial charge < -0.3 is 10.4 Å². The molecular formula is C19H24N2O2. The maximum atomic E-state index is 11.5. The van der Waals surface area contributed by atoms with Crippen molar-refractivity contribution in [3.8, 4) is 0 Å². The predicted molar refractivity (Wildman–Crippen MR) is 92.1 cm³/mol. The van der Waals surface area contributed by atoms with Gasteiger partial charge in [-0.1, -0.05) is 54.6 Å². The average molecular weight is 312 g/mol. The number of carbonyl (C=O) groups is 1. The highest BCUT2D eigenvalue weighted by molar-refractivity contribution is 5.81. The predicted octanol–water partition coefficient (Wildman–Crippen LogP) is 1.67. The maximum absolute atomic E-state index is 11.5. The number of carbonyl (C=O) groups excluding carboxylic acids is 1. The standard InChI is InChI=1S/C19H24N2O2/c1-20-19(23)18(14-22)21-13-17-11-9-16(10-12-17)8-7-15-5-3-2-4-6-15/h2-6,9-12,18,21-22H,7-8,13-14H2,1H3,(H,20,23)/t18-/m0/s1. The second-order valence-corrected chi connectivity index (χ2v) is 5.53. The van der Waals surface area contributed by atoms with E-state index in [2.05, 4.69) is 59.2 Å². The second-order valence-electron chi connectivity index (χ2n) is 5.53. The van der Waals surface area contributed by atoms with Gasteiger partial charge in [-0.2, -0.15) is 0 Å². The molecule has 0 fully saturated rings. The van der Waals surface area contributed by atoms with Crippen LogP contribution in [0.25, 0.3) is 0 Å². The molecule has 2 aromatic carbocycles. The number of rotatable bonds is 8. The van der Waals surface area contributed by atoms with Crippen LogP contribution in [0.1, 0.15) is 16.7 Å². The Balaban J connectivity index is 1.83. The van der Waals surface area contributed by atoms with Gasteiger partial charge in [0.25, 0.3) is 0 Å². The molecule has 2 rings (SSSR count). The number of likely N-dealkylation sites (N-methyl/N-ethyl adjacent to an activating group) is 1. The molecule has 0 bridgehead atoms. The fraction of sp³-hybridized carbons (Fsp3) is 0.316. The molecule has 1 amide bonds. The van der Waals surface area contributed by atoms with Crippen LogP contribution in [-0.2, 0) is 24.2 Å². The lowest BCUT2D eigenvalue weighted by Crippen LogP contribution is -2.44. The molecule has 0 radical (unpaired) electrons. The van der Waals surface area contributed by atoms with E-state index < -0.39 is 6.04 Å². The molecule has 0 heterocycles. The molecule has 0 aliphatic heterocycles. The Labute approximate surface area is 137 Å². The van der Waals surface area contributed by atoms with E-state index in [0.717, 1.165) is 18.4 Å². The molecule has 3 N–H and O–H groups in total. The minimum atomic E-state index is -0.572. The summed E-state index contributed by atoms with van der Waals surface area (Å²) in [4.78, 5) is 11.5. The van der Waals surface area contributed by atoms with E-state index in [1.807, 2.05) is 6.07 Å². The van der Waals surface area contributed by atoms with E-state index in [4.69, 9.17) is 0 Å². The molecule has 23 heavy (non-hydrogen) atoms. The third kappa shape index (κ3) is 5.51. The van der Waals surface area contributed by atoms with Gasteiger partial charge in [0.1, 0.15) is 6.04 Å². The van der Waals surface area contributed by atoms with Crippen molar-refractivity contribution in [1.29, 1.82) is 0 Å². The molecule has 122 valence electrons. The van der Waals surface area contributed by atoms with Gasteiger partial charge in [0.05, 0.1) is 6.61 Å². The summed E-state index contributed by atoms with van der Waals surface area (Å²) >= 11 is 0. The molecule has 0 saturated heterocycles. The first kappa shape index (κ1) is 17.2. The summed E-state index contributed by atoms with van der Waals surface area (Å²) in [5.74, 6) is -0.202. The molecule has 4 nitrogen and oxygen atoms in total. The van der Waals surface area contributed by atoms with Crippen molar-refractivity contribution in [3.05, 3.63) is 71.3 Å². The lowest BCUT2D eigenvalue weighted by atomic mass is 10.0. The molecule has 0 aliphatic carbocycles. The molecule has 0 saturated carbocycles. The zero-order valence-corrected chi connectivity index (χ0v) is 13.5. The van der Waals surface area contributed by atoms with E-state index >= 15 is 0 Å². The van der Waals surface area contributed by atoms with Crippen LogP contribution in [0.5, 0.6) is 0 Å². The van der Waals surface area contributed by atoms with Crippen LogP contribution in [0.4, 0.5) is 0 Å². The quantitative estimate of drug-likeness (QED) is 0.695. The third-order valence-electron chi connectivity index (χ3n) is 3.87. The summed E-state index contributed by atoms with van der Waals surface area (Å²) in [5, 5.41) is 14.8. The van der Waals surface area contributed by atoms with Crippen LogP contribution in [0.3, 0.4) is 0 Å². The molecule has 4 heteroatoms. The van der Waals surface area contributed by atoms with Gasteiger partial charge in [0.15, 0.2) is 0 Å². The number of benzene rings is 2. The van der Waals surface area contributed by atoms with Crippen molar-refractivity contribution in [2.45, 2.75) is 25.4 Å². The highest BCUT2D eigenvalue weighted by Crippen LogP contribution is 2.09. The molecule has 1 atom stereocenters. The molecule has 2 aromatic rings. The van der Waals surface area contributed by atoms with Gasteiger partial charge in [-0.25, -0.2) is 0 Å². The Hall–Kier alpha value is -2.17. The Morgan fingerprint density at radius 2 is 1.52 bits per heavy atom.